The van der Waals surface area contributed by atoms with Crippen molar-refractivity contribution in [1.29, 1.82) is 0 Å². The van der Waals surface area contributed by atoms with Gasteiger partial charge in [0.25, 0.3) is 5.91 Å². The monoisotopic (exact) mass is 396 g/mol. The molecule has 1 fully saturated rings. The number of carbonyl (C=O) groups is 1. The van der Waals surface area contributed by atoms with E-state index >= 15 is 0 Å². The highest BCUT2D eigenvalue weighted by molar-refractivity contribution is 7.89. The lowest BCUT2D eigenvalue weighted by atomic mass is 9.82. The Kier molecular flexibility index (Phi) is 7.28. The second kappa shape index (κ2) is 9.06. The van der Waals surface area contributed by atoms with E-state index in [1.165, 1.54) is 0 Å². The molecular weight excluding hydrogens is 364 g/mol. The number of benzene rings is 1. The van der Waals surface area contributed by atoms with Crippen molar-refractivity contribution in [3.63, 3.8) is 0 Å². The molecule has 0 aliphatic carbocycles. The summed E-state index contributed by atoms with van der Waals surface area (Å²) in [5, 5.41) is 2.97. The molecule has 0 spiro atoms. The Balaban J connectivity index is 1.95. The molecule has 1 aromatic carbocycles. The average molecular weight is 397 g/mol. The summed E-state index contributed by atoms with van der Waals surface area (Å²) >= 11 is 0. The van der Waals surface area contributed by atoms with E-state index in [-0.39, 0.29) is 23.2 Å². The fourth-order valence-corrected chi connectivity index (χ4v) is 5.08. The molecule has 0 saturated carbocycles. The molecule has 6 nitrogen and oxygen atoms in total. The fourth-order valence-electron chi connectivity index (χ4n) is 3.39. The van der Waals surface area contributed by atoms with Crippen molar-refractivity contribution in [2.24, 2.45) is 5.41 Å². The molecule has 152 valence electrons. The maximum Gasteiger partial charge on any atom is 0.251 e. The quantitative estimate of drug-likeness (QED) is 0.733. The van der Waals surface area contributed by atoms with Gasteiger partial charge in [0.1, 0.15) is 5.75 Å². The summed E-state index contributed by atoms with van der Waals surface area (Å²) in [5.41, 5.74) is 0.316. The van der Waals surface area contributed by atoms with E-state index in [0.717, 1.165) is 18.6 Å². The summed E-state index contributed by atoms with van der Waals surface area (Å²) < 4.78 is 31.9. The van der Waals surface area contributed by atoms with Crippen molar-refractivity contribution in [3.05, 3.63) is 29.8 Å². The Hall–Kier alpha value is -1.60. The fraction of sp³-hybridized carbons (Fsp3) is 0.650. The predicted octanol–water partition coefficient (Wildman–Crippen LogP) is 3.05. The van der Waals surface area contributed by atoms with E-state index < -0.39 is 10.0 Å². The van der Waals surface area contributed by atoms with Gasteiger partial charge in [-0.05, 0) is 62.8 Å². The van der Waals surface area contributed by atoms with Crippen LogP contribution in [0.1, 0.15) is 57.3 Å². The minimum absolute atomic E-state index is 0.0860. The maximum absolute atomic E-state index is 12.5. The molecule has 1 unspecified atom stereocenters. The summed E-state index contributed by atoms with van der Waals surface area (Å²) in [5.74, 6) is 0.763. The second-order valence-corrected chi connectivity index (χ2v) is 10.0. The molecule has 2 rings (SSSR count). The zero-order valence-corrected chi connectivity index (χ0v) is 17.6. The number of nitrogens with one attached hydrogen (secondary N) is 1. The number of amides is 1. The molecule has 7 heteroatoms. The molecule has 0 radical (unpaired) electrons. The Morgan fingerprint density at radius 1 is 1.30 bits per heavy atom. The van der Waals surface area contributed by atoms with Gasteiger partial charge in [0.15, 0.2) is 0 Å². The van der Waals surface area contributed by atoms with Crippen LogP contribution >= 0.6 is 0 Å². The molecular formula is C20H32N2O4S. The Morgan fingerprint density at radius 2 is 1.96 bits per heavy atom. The molecule has 27 heavy (non-hydrogen) atoms. The van der Waals surface area contributed by atoms with Crippen LogP contribution in [0.25, 0.3) is 0 Å². The normalized spacial score (nSPS) is 21.2. The van der Waals surface area contributed by atoms with Gasteiger partial charge in [-0.1, -0.05) is 13.8 Å². The number of nitrogens with zero attached hydrogens (tertiary/aromatic N) is 1. The minimum atomic E-state index is -3.20. The number of carbonyl (C=O) groups excluding carboxylic acids is 1. The minimum Gasteiger partial charge on any atom is -0.491 e. The average Bonchev–Trinajstić information content (AvgIpc) is 2.60. The largest absolute Gasteiger partial charge is 0.491 e. The van der Waals surface area contributed by atoms with Crippen molar-refractivity contribution in [1.82, 2.24) is 9.62 Å². The third-order valence-electron chi connectivity index (χ3n) is 4.77. The highest BCUT2D eigenvalue weighted by Crippen LogP contribution is 2.30. The maximum atomic E-state index is 12.5. The SMILES string of the molecule is CCCS(=O)(=O)N1CCCC(C)(CNC(=O)c2ccc(OC(C)C)cc2)C1. The highest BCUT2D eigenvalue weighted by atomic mass is 32.2. The first-order chi connectivity index (χ1) is 12.6. The van der Waals surface area contributed by atoms with Crippen molar-refractivity contribution in [2.45, 2.75) is 53.1 Å². The summed E-state index contributed by atoms with van der Waals surface area (Å²) in [6.07, 6.45) is 2.41. The molecule has 1 atom stereocenters. The topological polar surface area (TPSA) is 75.7 Å². The zero-order chi connectivity index (χ0) is 20.1. The van der Waals surface area contributed by atoms with Crippen LogP contribution in [0.15, 0.2) is 24.3 Å². The molecule has 1 heterocycles. The molecule has 0 bridgehead atoms. The van der Waals surface area contributed by atoms with Gasteiger partial charge >= 0.3 is 0 Å². The van der Waals surface area contributed by atoms with Crippen LogP contribution in [0.2, 0.25) is 0 Å². The van der Waals surface area contributed by atoms with Gasteiger partial charge in [-0.2, -0.15) is 0 Å². The van der Waals surface area contributed by atoms with Gasteiger partial charge in [0.2, 0.25) is 10.0 Å². The highest BCUT2D eigenvalue weighted by Gasteiger charge is 2.36. The standard InChI is InChI=1S/C20H32N2O4S/c1-5-13-27(24,25)22-12-6-11-20(4,15-22)14-21-19(23)17-7-9-18(10-8-17)26-16(2)3/h7-10,16H,5-6,11-15H2,1-4H3,(H,21,23). The first-order valence-electron chi connectivity index (χ1n) is 9.68. The van der Waals surface area contributed by atoms with Crippen molar-refractivity contribution >= 4 is 15.9 Å². The number of piperidine rings is 1. The Labute approximate surface area is 163 Å². The molecule has 1 aromatic rings. The molecule has 1 amide bonds. The van der Waals surface area contributed by atoms with Gasteiger partial charge in [-0.3, -0.25) is 4.79 Å². The van der Waals surface area contributed by atoms with Crippen LogP contribution in [-0.2, 0) is 10.0 Å². The van der Waals surface area contributed by atoms with Gasteiger partial charge in [0, 0.05) is 25.2 Å². The Bertz CT molecular complexity index is 731. The zero-order valence-electron chi connectivity index (χ0n) is 16.8. The lowest BCUT2D eigenvalue weighted by molar-refractivity contribution is 0.0907. The third kappa shape index (κ3) is 6.21. The van der Waals surface area contributed by atoms with E-state index in [0.29, 0.717) is 31.6 Å². The molecule has 1 saturated heterocycles. The summed E-state index contributed by atoms with van der Waals surface area (Å²) in [6.45, 7) is 9.30. The lowest BCUT2D eigenvalue weighted by Gasteiger charge is -2.39. The first-order valence-corrected chi connectivity index (χ1v) is 11.3. The number of hydrogen-bond acceptors (Lipinski definition) is 4. The predicted molar refractivity (Wildman–Crippen MR) is 108 cm³/mol. The van der Waals surface area contributed by atoms with Crippen LogP contribution in [-0.4, -0.2) is 50.1 Å². The summed E-state index contributed by atoms with van der Waals surface area (Å²) in [4.78, 5) is 12.5. The van der Waals surface area contributed by atoms with Crippen LogP contribution in [0.4, 0.5) is 0 Å². The van der Waals surface area contributed by atoms with E-state index in [1.807, 2.05) is 27.7 Å². The number of hydrogen-bond donors (Lipinski definition) is 1. The van der Waals surface area contributed by atoms with E-state index in [9.17, 15) is 13.2 Å². The van der Waals surface area contributed by atoms with Crippen molar-refractivity contribution < 1.29 is 17.9 Å². The van der Waals surface area contributed by atoms with Crippen LogP contribution in [0.5, 0.6) is 5.75 Å². The molecule has 1 aliphatic heterocycles. The molecule has 1 aliphatic rings. The first kappa shape index (κ1) is 21.7. The molecule has 0 aromatic heterocycles. The van der Waals surface area contributed by atoms with E-state index in [1.54, 1.807) is 28.6 Å². The van der Waals surface area contributed by atoms with E-state index in [4.69, 9.17) is 4.74 Å². The van der Waals surface area contributed by atoms with Gasteiger partial charge in [0.05, 0.1) is 11.9 Å². The van der Waals surface area contributed by atoms with Crippen LogP contribution in [0, 0.1) is 5.41 Å². The summed E-state index contributed by atoms with van der Waals surface area (Å²) in [6, 6.07) is 7.06. The smallest absolute Gasteiger partial charge is 0.251 e. The molecule has 1 N–H and O–H groups in total. The lowest BCUT2D eigenvalue weighted by Crippen LogP contribution is -2.50. The van der Waals surface area contributed by atoms with Crippen molar-refractivity contribution in [2.75, 3.05) is 25.4 Å². The second-order valence-electron chi connectivity index (χ2n) is 7.94. The van der Waals surface area contributed by atoms with Crippen molar-refractivity contribution in [3.8, 4) is 5.75 Å². The van der Waals surface area contributed by atoms with Crippen LogP contribution < -0.4 is 10.1 Å². The van der Waals surface area contributed by atoms with Gasteiger partial charge < -0.3 is 10.1 Å². The number of rotatable bonds is 8. The number of ether oxygens (including phenoxy) is 1. The van der Waals surface area contributed by atoms with Gasteiger partial charge in [-0.15, -0.1) is 0 Å². The van der Waals surface area contributed by atoms with E-state index in [2.05, 4.69) is 5.32 Å². The third-order valence-corrected chi connectivity index (χ3v) is 6.79. The van der Waals surface area contributed by atoms with Crippen LogP contribution in [0.3, 0.4) is 0 Å². The number of sulfonamides is 1. The summed E-state index contributed by atoms with van der Waals surface area (Å²) in [7, 11) is -3.20. The Morgan fingerprint density at radius 3 is 2.56 bits per heavy atom. The van der Waals surface area contributed by atoms with Gasteiger partial charge in [-0.25, -0.2) is 12.7 Å².